The molecule has 6 nitrogen and oxygen atoms in total. The van der Waals surface area contributed by atoms with Gasteiger partial charge >= 0.3 is 11.9 Å². The fourth-order valence-corrected chi connectivity index (χ4v) is 2.88. The molecule has 124 valence electrons. The van der Waals surface area contributed by atoms with Crippen LogP contribution in [0.15, 0.2) is 30.5 Å². The van der Waals surface area contributed by atoms with Crippen molar-refractivity contribution in [3.63, 3.8) is 0 Å². The highest BCUT2D eigenvalue weighted by Gasteiger charge is 2.47. The van der Waals surface area contributed by atoms with Crippen LogP contribution < -0.4 is 0 Å². The van der Waals surface area contributed by atoms with Crippen LogP contribution in [0.3, 0.4) is 0 Å². The van der Waals surface area contributed by atoms with Gasteiger partial charge in [0.25, 0.3) is 0 Å². The largest absolute Gasteiger partial charge is 0.480 e. The van der Waals surface area contributed by atoms with Crippen LogP contribution in [0.2, 0.25) is 0 Å². The quantitative estimate of drug-likeness (QED) is 0.599. The number of hydrogen-bond acceptors (Lipinski definition) is 4. The van der Waals surface area contributed by atoms with E-state index in [0.717, 1.165) is 16.5 Å². The summed E-state index contributed by atoms with van der Waals surface area (Å²) in [5, 5.41) is 19.9. The molecule has 2 N–H and O–H groups in total. The van der Waals surface area contributed by atoms with Crippen molar-refractivity contribution in [1.29, 1.82) is 0 Å². The maximum Gasteiger partial charge on any atom is 0.323 e. The van der Waals surface area contributed by atoms with Crippen LogP contribution in [0.5, 0.6) is 0 Å². The molecule has 1 atom stereocenters. The Morgan fingerprint density at radius 2 is 2.00 bits per heavy atom. The number of fused-ring (bicyclic) bond motifs is 1. The van der Waals surface area contributed by atoms with Gasteiger partial charge in [0, 0.05) is 37.2 Å². The predicted molar refractivity (Wildman–Crippen MR) is 85.0 cm³/mol. The first kappa shape index (κ1) is 17.0. The van der Waals surface area contributed by atoms with Crippen molar-refractivity contribution in [3.05, 3.63) is 36.0 Å². The van der Waals surface area contributed by atoms with E-state index in [9.17, 15) is 19.8 Å². The van der Waals surface area contributed by atoms with Crippen molar-refractivity contribution in [3.8, 4) is 0 Å². The summed E-state index contributed by atoms with van der Waals surface area (Å²) in [5.41, 5.74) is -0.0869. The number of hydrogen-bond donors (Lipinski definition) is 2. The summed E-state index contributed by atoms with van der Waals surface area (Å²) >= 11 is 0. The van der Waals surface area contributed by atoms with E-state index in [1.165, 1.54) is 0 Å². The van der Waals surface area contributed by atoms with E-state index in [1.54, 1.807) is 6.92 Å². The molecule has 1 unspecified atom stereocenters. The minimum atomic E-state index is -1.78. The number of aliphatic hydroxyl groups is 1. The second-order valence-corrected chi connectivity index (χ2v) is 5.54. The van der Waals surface area contributed by atoms with Gasteiger partial charge in [0.15, 0.2) is 5.41 Å². The third-order valence-electron chi connectivity index (χ3n) is 4.09. The number of carboxylic acid groups (broad SMARTS) is 1. The number of aliphatic carboxylic acids is 1. The Morgan fingerprint density at radius 1 is 1.30 bits per heavy atom. The lowest BCUT2D eigenvalue weighted by molar-refractivity contribution is -0.169. The molecule has 1 heterocycles. The number of carbonyl (C=O) groups is 2. The first-order valence-corrected chi connectivity index (χ1v) is 7.50. The molecule has 0 saturated heterocycles. The second kappa shape index (κ2) is 6.83. The number of aliphatic hydroxyl groups excluding tert-OH is 1. The number of carbonyl (C=O) groups excluding carboxylic acids is 1. The summed E-state index contributed by atoms with van der Waals surface area (Å²) in [6.07, 6.45) is 1.60. The summed E-state index contributed by atoms with van der Waals surface area (Å²) in [4.78, 5) is 24.2. The van der Waals surface area contributed by atoms with E-state index in [0.29, 0.717) is 0 Å². The summed E-state index contributed by atoms with van der Waals surface area (Å²) in [7, 11) is 1.87. The van der Waals surface area contributed by atoms with Gasteiger partial charge in [0.2, 0.25) is 0 Å². The first-order chi connectivity index (χ1) is 11.0. The average Bonchev–Trinajstić information content (AvgIpc) is 2.83. The fraction of sp³-hybridized carbons (Fsp3) is 0.412. The van der Waals surface area contributed by atoms with Gasteiger partial charge in [-0.2, -0.15) is 0 Å². The normalized spacial score (nSPS) is 13.7. The zero-order valence-corrected chi connectivity index (χ0v) is 13.3. The maximum absolute atomic E-state index is 12.3. The molecule has 1 aromatic heterocycles. The van der Waals surface area contributed by atoms with E-state index in [-0.39, 0.29) is 19.4 Å². The lowest BCUT2D eigenvalue weighted by Gasteiger charge is -2.26. The lowest BCUT2D eigenvalue weighted by Crippen LogP contribution is -2.43. The Balaban J connectivity index is 2.51. The average molecular weight is 319 g/mol. The Hall–Kier alpha value is -2.34. The smallest absolute Gasteiger partial charge is 0.323 e. The fourth-order valence-electron chi connectivity index (χ4n) is 2.88. The van der Waals surface area contributed by atoms with Crippen molar-refractivity contribution < 1.29 is 24.5 Å². The number of nitrogens with zero attached hydrogens (tertiary/aromatic N) is 1. The predicted octanol–water partition coefficient (Wildman–Crippen LogP) is 1.74. The third-order valence-corrected chi connectivity index (χ3v) is 4.09. The van der Waals surface area contributed by atoms with E-state index in [2.05, 4.69) is 0 Å². The molecule has 2 rings (SSSR count). The number of rotatable bonds is 7. The van der Waals surface area contributed by atoms with Crippen LogP contribution in [-0.2, 0) is 27.8 Å². The number of aromatic nitrogens is 1. The van der Waals surface area contributed by atoms with Crippen LogP contribution in [-0.4, -0.2) is 39.9 Å². The molecule has 0 bridgehead atoms. The van der Waals surface area contributed by atoms with Crippen molar-refractivity contribution in [2.24, 2.45) is 12.5 Å². The number of carboxylic acids is 1. The molecule has 0 aliphatic heterocycles. The van der Waals surface area contributed by atoms with Crippen LogP contribution in [0.1, 0.15) is 18.9 Å². The maximum atomic E-state index is 12.3. The number of esters is 1. The molecule has 0 aliphatic rings. The molecule has 0 fully saturated rings. The van der Waals surface area contributed by atoms with Gasteiger partial charge in [-0.05, 0) is 25.0 Å². The minimum Gasteiger partial charge on any atom is -0.480 e. The Kier molecular flexibility index (Phi) is 5.05. The SMILES string of the molecule is CCOC(=O)C(CCO)(Cc1cn(C)c2ccccc12)C(=O)O. The number of aryl methyl sites for hydroxylation is 1. The standard InChI is InChI=1S/C17H21NO5/c1-3-23-16(22)17(8-9-19,15(20)21)10-12-11-18(2)14-7-5-4-6-13(12)14/h4-7,11,19H,3,8-10H2,1-2H3,(H,20,21). The zero-order valence-electron chi connectivity index (χ0n) is 13.3. The highest BCUT2D eigenvalue weighted by molar-refractivity contribution is 6.00. The van der Waals surface area contributed by atoms with E-state index in [1.807, 2.05) is 42.1 Å². The number of ether oxygens (including phenoxy) is 1. The first-order valence-electron chi connectivity index (χ1n) is 7.50. The van der Waals surface area contributed by atoms with E-state index < -0.39 is 24.0 Å². The van der Waals surface area contributed by atoms with Gasteiger partial charge in [0.1, 0.15) is 0 Å². The van der Waals surface area contributed by atoms with Gasteiger partial charge < -0.3 is 19.5 Å². The molecule has 0 aliphatic carbocycles. The minimum absolute atomic E-state index is 0.0247. The number of benzene rings is 1. The zero-order chi connectivity index (χ0) is 17.0. The molecule has 0 spiro atoms. The van der Waals surface area contributed by atoms with Crippen LogP contribution in [0.4, 0.5) is 0 Å². The highest BCUT2D eigenvalue weighted by Crippen LogP contribution is 2.33. The molecule has 0 radical (unpaired) electrons. The molecule has 23 heavy (non-hydrogen) atoms. The summed E-state index contributed by atoms with van der Waals surface area (Å²) in [6.45, 7) is 1.31. The van der Waals surface area contributed by atoms with Crippen molar-refractivity contribution in [1.82, 2.24) is 4.57 Å². The van der Waals surface area contributed by atoms with E-state index >= 15 is 0 Å². The highest BCUT2D eigenvalue weighted by atomic mass is 16.5. The second-order valence-electron chi connectivity index (χ2n) is 5.54. The summed E-state index contributed by atoms with van der Waals surface area (Å²) in [6, 6.07) is 7.58. The topological polar surface area (TPSA) is 88.8 Å². The van der Waals surface area contributed by atoms with Crippen molar-refractivity contribution >= 4 is 22.8 Å². The Morgan fingerprint density at radius 3 is 2.61 bits per heavy atom. The third kappa shape index (κ3) is 3.07. The van der Waals surface area contributed by atoms with Gasteiger partial charge in [0.05, 0.1) is 6.61 Å². The molecular weight excluding hydrogens is 298 g/mol. The van der Waals surface area contributed by atoms with Gasteiger partial charge in [-0.3, -0.25) is 9.59 Å². The molecule has 6 heteroatoms. The van der Waals surface area contributed by atoms with Gasteiger partial charge in [-0.15, -0.1) is 0 Å². The summed E-state index contributed by atoms with van der Waals surface area (Å²) < 4.78 is 6.86. The lowest BCUT2D eigenvalue weighted by atomic mass is 9.78. The van der Waals surface area contributed by atoms with Crippen LogP contribution in [0.25, 0.3) is 10.9 Å². The van der Waals surface area contributed by atoms with E-state index in [4.69, 9.17) is 4.74 Å². The molecule has 0 saturated carbocycles. The van der Waals surface area contributed by atoms with Crippen LogP contribution >= 0.6 is 0 Å². The molecule has 0 amide bonds. The van der Waals surface area contributed by atoms with Crippen molar-refractivity contribution in [2.45, 2.75) is 19.8 Å². The van der Waals surface area contributed by atoms with Crippen molar-refractivity contribution in [2.75, 3.05) is 13.2 Å². The Labute approximate surface area is 134 Å². The van der Waals surface area contributed by atoms with Gasteiger partial charge in [-0.1, -0.05) is 18.2 Å². The molecule has 2 aromatic rings. The Bertz CT molecular complexity index is 721. The molecule has 1 aromatic carbocycles. The van der Waals surface area contributed by atoms with Crippen LogP contribution in [0, 0.1) is 5.41 Å². The monoisotopic (exact) mass is 319 g/mol. The number of para-hydroxylation sites is 1. The van der Waals surface area contributed by atoms with Gasteiger partial charge in [-0.25, -0.2) is 0 Å². The molecular formula is C17H21NO5. The summed E-state index contributed by atoms with van der Waals surface area (Å²) in [5.74, 6) is -2.09.